The van der Waals surface area contributed by atoms with Crippen LogP contribution in [0.15, 0.2) is 36.4 Å². The number of rotatable bonds is 5. The first kappa shape index (κ1) is 15.4. The van der Waals surface area contributed by atoms with E-state index in [1.165, 1.54) is 24.3 Å². The highest BCUT2D eigenvalue weighted by molar-refractivity contribution is 5.41. The van der Waals surface area contributed by atoms with Crippen LogP contribution in [0.1, 0.15) is 24.5 Å². The highest BCUT2D eigenvalue weighted by Gasteiger charge is 2.11. The maximum Gasteiger partial charge on any atom is 0.130 e. The average Bonchev–Trinajstić information content (AvgIpc) is 2.44. The number of benzene rings is 2. The van der Waals surface area contributed by atoms with Crippen molar-refractivity contribution >= 4 is 0 Å². The van der Waals surface area contributed by atoms with Crippen LogP contribution >= 0.6 is 0 Å². The minimum atomic E-state index is -0.323. The second-order valence-electron chi connectivity index (χ2n) is 5.14. The number of aryl methyl sites for hydroxylation is 1. The Labute approximate surface area is 123 Å². The van der Waals surface area contributed by atoms with Crippen molar-refractivity contribution in [3.05, 3.63) is 59.2 Å². The van der Waals surface area contributed by atoms with Crippen LogP contribution in [0.5, 0.6) is 11.5 Å². The van der Waals surface area contributed by atoms with Crippen molar-refractivity contribution in [2.45, 2.75) is 32.7 Å². The van der Waals surface area contributed by atoms with Gasteiger partial charge in [-0.25, -0.2) is 8.78 Å². The molecule has 0 fully saturated rings. The Kier molecular flexibility index (Phi) is 4.91. The van der Waals surface area contributed by atoms with E-state index >= 15 is 0 Å². The Balaban J connectivity index is 2.30. The van der Waals surface area contributed by atoms with Gasteiger partial charge in [-0.3, -0.25) is 0 Å². The summed E-state index contributed by atoms with van der Waals surface area (Å²) in [4.78, 5) is 0. The fraction of sp³-hybridized carbons (Fsp3) is 0.294. The van der Waals surface area contributed by atoms with Gasteiger partial charge in [0.05, 0.1) is 0 Å². The molecule has 2 aromatic rings. The molecule has 0 amide bonds. The van der Waals surface area contributed by atoms with E-state index in [4.69, 9.17) is 10.5 Å². The first-order valence-corrected chi connectivity index (χ1v) is 6.97. The summed E-state index contributed by atoms with van der Waals surface area (Å²) >= 11 is 0. The first-order valence-electron chi connectivity index (χ1n) is 6.97. The Morgan fingerprint density at radius 3 is 2.29 bits per heavy atom. The largest absolute Gasteiger partial charge is 0.457 e. The molecule has 0 aliphatic carbocycles. The lowest BCUT2D eigenvalue weighted by molar-refractivity contribution is 0.464. The van der Waals surface area contributed by atoms with Crippen LogP contribution in [0.4, 0.5) is 8.78 Å². The van der Waals surface area contributed by atoms with Crippen molar-refractivity contribution in [2.24, 2.45) is 5.73 Å². The molecule has 0 saturated heterocycles. The summed E-state index contributed by atoms with van der Waals surface area (Å²) in [5, 5.41) is 0. The summed E-state index contributed by atoms with van der Waals surface area (Å²) in [6.45, 7) is 3.74. The Bertz CT molecular complexity index is 628. The first-order chi connectivity index (χ1) is 9.99. The molecule has 1 unspecified atom stereocenters. The maximum atomic E-state index is 13.4. The molecule has 112 valence electrons. The number of ether oxygens (including phenoxy) is 1. The summed E-state index contributed by atoms with van der Waals surface area (Å²) in [7, 11) is 0. The molecule has 0 bridgehead atoms. The molecule has 0 aromatic heterocycles. The van der Waals surface area contributed by atoms with Crippen LogP contribution in [0.25, 0.3) is 0 Å². The van der Waals surface area contributed by atoms with E-state index < -0.39 is 0 Å². The zero-order valence-electron chi connectivity index (χ0n) is 12.2. The summed E-state index contributed by atoms with van der Waals surface area (Å²) in [6.07, 6.45) is 1.33. The Hall–Kier alpha value is -1.94. The summed E-state index contributed by atoms with van der Waals surface area (Å²) in [5.41, 5.74) is 7.34. The molecular formula is C17H19F2NO. The Morgan fingerprint density at radius 1 is 1.05 bits per heavy atom. The van der Waals surface area contributed by atoms with Crippen LogP contribution in [-0.4, -0.2) is 6.04 Å². The van der Waals surface area contributed by atoms with Crippen LogP contribution < -0.4 is 10.5 Å². The molecule has 2 aromatic carbocycles. The van der Waals surface area contributed by atoms with Crippen molar-refractivity contribution in [3.8, 4) is 11.5 Å². The van der Waals surface area contributed by atoms with Crippen LogP contribution in [-0.2, 0) is 6.42 Å². The van der Waals surface area contributed by atoms with E-state index in [1.807, 2.05) is 6.92 Å². The molecule has 0 spiro atoms. The van der Waals surface area contributed by atoms with Gasteiger partial charge in [0.25, 0.3) is 0 Å². The van der Waals surface area contributed by atoms with E-state index in [-0.39, 0.29) is 17.7 Å². The second-order valence-corrected chi connectivity index (χ2v) is 5.14. The summed E-state index contributed by atoms with van der Waals surface area (Å²) < 4.78 is 32.3. The fourth-order valence-corrected chi connectivity index (χ4v) is 2.08. The third-order valence-electron chi connectivity index (χ3n) is 3.39. The number of hydrogen-bond donors (Lipinski definition) is 1. The van der Waals surface area contributed by atoms with Gasteiger partial charge in [-0.2, -0.15) is 0 Å². The van der Waals surface area contributed by atoms with Gasteiger partial charge >= 0.3 is 0 Å². The van der Waals surface area contributed by atoms with Crippen LogP contribution in [0, 0.1) is 18.6 Å². The lowest BCUT2D eigenvalue weighted by Crippen LogP contribution is -2.21. The monoisotopic (exact) mass is 291 g/mol. The minimum Gasteiger partial charge on any atom is -0.457 e. The Morgan fingerprint density at radius 2 is 1.67 bits per heavy atom. The van der Waals surface area contributed by atoms with Crippen molar-refractivity contribution < 1.29 is 13.5 Å². The molecule has 21 heavy (non-hydrogen) atoms. The highest BCUT2D eigenvalue weighted by Crippen LogP contribution is 2.29. The predicted molar refractivity (Wildman–Crippen MR) is 79.6 cm³/mol. The topological polar surface area (TPSA) is 35.2 Å². The lowest BCUT2D eigenvalue weighted by atomic mass is 10.0. The molecule has 0 heterocycles. The molecule has 2 rings (SSSR count). The quantitative estimate of drug-likeness (QED) is 0.889. The molecular weight excluding hydrogens is 272 g/mol. The van der Waals surface area contributed by atoms with Crippen molar-refractivity contribution in [1.29, 1.82) is 0 Å². The van der Waals surface area contributed by atoms with Crippen molar-refractivity contribution in [1.82, 2.24) is 0 Å². The van der Waals surface area contributed by atoms with E-state index in [0.717, 1.165) is 6.42 Å². The third kappa shape index (κ3) is 4.02. The van der Waals surface area contributed by atoms with Gasteiger partial charge in [0.15, 0.2) is 0 Å². The molecule has 2 N–H and O–H groups in total. The van der Waals surface area contributed by atoms with Crippen LogP contribution in [0.2, 0.25) is 0 Å². The van der Waals surface area contributed by atoms with Crippen LogP contribution in [0.3, 0.4) is 0 Å². The summed E-state index contributed by atoms with van der Waals surface area (Å²) in [6, 6.07) is 8.61. The third-order valence-corrected chi connectivity index (χ3v) is 3.39. The van der Waals surface area contributed by atoms with Gasteiger partial charge in [0.2, 0.25) is 0 Å². The van der Waals surface area contributed by atoms with E-state index in [0.29, 0.717) is 29.0 Å². The molecule has 4 heteroatoms. The minimum absolute atomic E-state index is 0.0523. The SMILES string of the molecule is CCC(N)Cc1cc(F)ccc1Oc1ccc(F)cc1C. The molecule has 0 aliphatic rings. The van der Waals surface area contributed by atoms with Gasteiger partial charge < -0.3 is 10.5 Å². The van der Waals surface area contributed by atoms with Crippen molar-refractivity contribution in [2.75, 3.05) is 0 Å². The maximum absolute atomic E-state index is 13.4. The zero-order valence-corrected chi connectivity index (χ0v) is 12.2. The van der Waals surface area contributed by atoms with Gasteiger partial charge in [-0.05, 0) is 67.3 Å². The zero-order chi connectivity index (χ0) is 15.4. The number of nitrogens with two attached hydrogens (primary N) is 1. The van der Waals surface area contributed by atoms with Gasteiger partial charge in [0.1, 0.15) is 23.1 Å². The van der Waals surface area contributed by atoms with E-state index in [9.17, 15) is 8.78 Å². The second kappa shape index (κ2) is 6.68. The number of hydrogen-bond acceptors (Lipinski definition) is 2. The fourth-order valence-electron chi connectivity index (χ4n) is 2.08. The van der Waals surface area contributed by atoms with E-state index in [2.05, 4.69) is 0 Å². The highest BCUT2D eigenvalue weighted by atomic mass is 19.1. The van der Waals surface area contributed by atoms with E-state index in [1.54, 1.807) is 19.1 Å². The normalized spacial score (nSPS) is 12.2. The lowest BCUT2D eigenvalue weighted by Gasteiger charge is -2.15. The van der Waals surface area contributed by atoms with Gasteiger partial charge in [0, 0.05) is 6.04 Å². The standard InChI is InChI=1S/C17H19F2NO/c1-3-15(20)10-12-9-14(19)5-7-17(12)21-16-6-4-13(18)8-11(16)2/h4-9,15H,3,10,20H2,1-2H3. The molecule has 1 atom stereocenters. The average molecular weight is 291 g/mol. The van der Waals surface area contributed by atoms with Gasteiger partial charge in [-0.15, -0.1) is 0 Å². The summed E-state index contributed by atoms with van der Waals surface area (Å²) in [5.74, 6) is 0.466. The van der Waals surface area contributed by atoms with Gasteiger partial charge in [-0.1, -0.05) is 6.92 Å². The smallest absolute Gasteiger partial charge is 0.130 e. The predicted octanol–water partition coefficient (Wildman–Crippen LogP) is 4.35. The molecule has 0 aliphatic heterocycles. The van der Waals surface area contributed by atoms with Crippen molar-refractivity contribution in [3.63, 3.8) is 0 Å². The molecule has 0 saturated carbocycles. The molecule has 2 nitrogen and oxygen atoms in total. The molecule has 0 radical (unpaired) electrons. The number of halogens is 2.